The summed E-state index contributed by atoms with van der Waals surface area (Å²) in [5.74, 6) is -6.49. The summed E-state index contributed by atoms with van der Waals surface area (Å²) in [6.07, 6.45) is 17.1. The van der Waals surface area contributed by atoms with E-state index in [9.17, 15) is 63.7 Å². The van der Waals surface area contributed by atoms with Crippen molar-refractivity contribution in [1.29, 1.82) is 0 Å². The number of amides is 4. The van der Waals surface area contributed by atoms with Gasteiger partial charge in [0, 0.05) is 39.3 Å². The van der Waals surface area contributed by atoms with Gasteiger partial charge in [0.05, 0.1) is 25.9 Å². The molecule has 1 rings (SSSR count). The van der Waals surface area contributed by atoms with Crippen LogP contribution in [0.4, 0.5) is 0 Å². The lowest BCUT2D eigenvalue weighted by Crippen LogP contribution is -2.66. The van der Waals surface area contributed by atoms with Crippen molar-refractivity contribution >= 4 is 49.8 Å². The number of nitrogens with zero attached hydrogens (tertiary/aromatic N) is 1. The van der Waals surface area contributed by atoms with Crippen LogP contribution in [0.5, 0.6) is 0 Å². The van der Waals surface area contributed by atoms with Gasteiger partial charge in [-0.05, 0) is 40.0 Å². The minimum absolute atomic E-state index is 0.00392. The number of rotatable bonds is 50. The van der Waals surface area contributed by atoms with Crippen LogP contribution in [0, 0.1) is 0 Å². The molecule has 0 aliphatic carbocycles. The number of aliphatic hydroxyl groups excluding tert-OH is 4. The molecule has 1 saturated heterocycles. The maximum absolute atomic E-state index is 14.2. The normalized spacial score (nSPS) is 19.6. The summed E-state index contributed by atoms with van der Waals surface area (Å²) in [5, 5.41) is 56.6. The van der Waals surface area contributed by atoms with Gasteiger partial charge < -0.3 is 86.6 Å². The van der Waals surface area contributed by atoms with Crippen LogP contribution in [0.25, 0.3) is 0 Å². The van der Waals surface area contributed by atoms with Crippen LogP contribution in [0.3, 0.4) is 0 Å². The van der Waals surface area contributed by atoms with Crippen molar-refractivity contribution in [3.8, 4) is 0 Å². The molecule has 12 atom stereocenters. The predicted molar refractivity (Wildman–Crippen MR) is 321 cm³/mol. The SMILES string of the molecule is CCCCCCCCCCCCCCCC(=O)OC([C@H](CO)OC(=O)CCCCCCCCCCCCCCC)[C@@](C)(N)C(=O)N[C@H](CCC(=O)N(CC(C)O[C@H]1[C@H](O)[C@@H](CO)O[C@H](O)[C@@H]1NC(C)=O)[C@@H](C)C(=O)O)C(N)=O.NCCO[PH](=O)O. The van der Waals surface area contributed by atoms with E-state index in [2.05, 4.69) is 29.0 Å². The molecule has 25 nitrogen and oxygen atoms in total. The van der Waals surface area contributed by atoms with Gasteiger partial charge in [0.15, 0.2) is 18.5 Å². The zero-order chi connectivity index (χ0) is 64.2. The number of aliphatic hydroxyl groups is 4. The number of aliphatic carboxylic acids is 1. The largest absolute Gasteiger partial charge is 0.480 e. The number of esters is 2. The number of carboxylic acid groups (broad SMARTS) is 1. The molecule has 0 spiro atoms. The molecule has 4 amide bonds. The third-order valence-corrected chi connectivity index (χ3v) is 15.4. The number of unbranched alkanes of at least 4 members (excludes halogenated alkanes) is 24. The Kier molecular flexibility index (Phi) is 46.8. The minimum Gasteiger partial charge on any atom is -0.480 e. The first-order chi connectivity index (χ1) is 40.4. The van der Waals surface area contributed by atoms with E-state index >= 15 is 0 Å². The van der Waals surface area contributed by atoms with Crippen LogP contribution in [0.15, 0.2) is 0 Å². The maximum Gasteiger partial charge on any atom is 0.326 e. The number of ether oxygens (including phenoxy) is 4. The molecule has 0 aromatic rings. The van der Waals surface area contributed by atoms with Gasteiger partial charge in [-0.1, -0.05) is 168 Å². The molecule has 1 aliphatic rings. The highest BCUT2D eigenvalue weighted by Gasteiger charge is 2.49. The van der Waals surface area contributed by atoms with E-state index in [1.165, 1.54) is 117 Å². The Morgan fingerprint density at radius 1 is 0.718 bits per heavy atom. The van der Waals surface area contributed by atoms with Gasteiger partial charge in [0.25, 0.3) is 0 Å². The van der Waals surface area contributed by atoms with Gasteiger partial charge >= 0.3 is 26.2 Å². The Bertz CT molecular complexity index is 1870. The number of hydrogen-bond acceptors (Lipinski definition) is 19. The van der Waals surface area contributed by atoms with Crippen LogP contribution in [0.2, 0.25) is 0 Å². The molecule has 14 N–H and O–H groups in total. The summed E-state index contributed by atoms with van der Waals surface area (Å²) in [7, 11) is -2.73. The number of nitrogens with one attached hydrogen (secondary N) is 2. The lowest BCUT2D eigenvalue weighted by Gasteiger charge is -2.43. The predicted octanol–water partition coefficient (Wildman–Crippen LogP) is 5.23. The third-order valence-electron chi connectivity index (χ3n) is 15.0. The van der Waals surface area contributed by atoms with Crippen molar-refractivity contribution < 1.29 is 92.0 Å². The third kappa shape index (κ3) is 36.9. The molecule has 0 aromatic heterocycles. The summed E-state index contributed by atoms with van der Waals surface area (Å²) in [4.78, 5) is 101. The van der Waals surface area contributed by atoms with Crippen molar-refractivity contribution in [3.63, 3.8) is 0 Å². The van der Waals surface area contributed by atoms with Crippen LogP contribution in [-0.4, -0.2) is 176 Å². The Labute approximate surface area is 506 Å². The first-order valence-electron chi connectivity index (χ1n) is 31.5. The Balaban J connectivity index is 0.00000942. The minimum atomic E-state index is -2.73. The standard InChI is InChI=1S/C57H105N5O16.C2H8NO3P/c1-7-9-11-13-15-17-19-21-23-25-27-29-31-33-47(67)76-45(39-64)52(78-48(68)34-32-30-28-26-24-22-20-18-16-14-12-10-8-2)57(6,59)56(74)61-43(53(58)70)35-36-46(66)62(41(4)54(71)72)37-40(3)75-51-49(60-42(5)65)55(73)77-44(38-63)50(51)69;3-1-2-6-7(4)5/h40-41,43-45,49-52,55,63-64,69,73H,7-39,59H2,1-6H3,(H2,58,70)(H,60,65)(H,61,74)(H,71,72);7H,1-3H2,(H,4,5)/t40?,41-,43+,44+,45-,49+,50+,51+,52?,55-,57+;/m0./s1. The van der Waals surface area contributed by atoms with E-state index in [0.717, 1.165) is 69.6 Å². The highest BCUT2D eigenvalue weighted by molar-refractivity contribution is 7.32. The van der Waals surface area contributed by atoms with Gasteiger partial charge in [-0.15, -0.1) is 0 Å². The van der Waals surface area contributed by atoms with E-state index in [-0.39, 0.29) is 26.0 Å². The van der Waals surface area contributed by atoms with E-state index < -0.39 is 149 Å². The summed E-state index contributed by atoms with van der Waals surface area (Å²) >= 11 is 0. The highest BCUT2D eigenvalue weighted by Crippen LogP contribution is 2.26. The number of carbonyl (C=O) groups is 7. The summed E-state index contributed by atoms with van der Waals surface area (Å²) in [6, 6.07) is -4.39. The number of hydrogen-bond donors (Lipinski definition) is 11. The molecule has 498 valence electrons. The van der Waals surface area contributed by atoms with E-state index in [4.69, 9.17) is 41.0 Å². The van der Waals surface area contributed by atoms with Gasteiger partial charge in [-0.25, -0.2) is 4.79 Å². The molecule has 85 heavy (non-hydrogen) atoms. The smallest absolute Gasteiger partial charge is 0.326 e. The molecule has 1 heterocycles. The Morgan fingerprint density at radius 2 is 1.16 bits per heavy atom. The lowest BCUT2D eigenvalue weighted by molar-refractivity contribution is -0.268. The fourth-order valence-corrected chi connectivity index (χ4v) is 10.2. The molecule has 3 unspecified atom stereocenters. The van der Waals surface area contributed by atoms with Crippen LogP contribution in [-0.2, 0) is 61.6 Å². The fourth-order valence-electron chi connectivity index (χ4n) is 9.90. The van der Waals surface area contributed by atoms with E-state index in [0.29, 0.717) is 12.8 Å². The Hall–Kier alpha value is -3.88. The molecular weight excluding hydrogens is 1130 g/mol. The van der Waals surface area contributed by atoms with Crippen molar-refractivity contribution in [2.45, 2.75) is 301 Å². The second-order valence-corrected chi connectivity index (χ2v) is 23.5. The average molecular weight is 1240 g/mol. The molecular formula is C59H113N6O19P. The maximum atomic E-state index is 14.2. The lowest BCUT2D eigenvalue weighted by atomic mass is 9.89. The number of primary amides is 1. The van der Waals surface area contributed by atoms with Gasteiger partial charge in [-0.2, -0.15) is 0 Å². The van der Waals surface area contributed by atoms with Crippen molar-refractivity contribution in [2.75, 3.05) is 32.9 Å². The monoisotopic (exact) mass is 1240 g/mol. The van der Waals surface area contributed by atoms with Crippen LogP contribution >= 0.6 is 8.25 Å². The molecule has 0 bridgehead atoms. The molecule has 0 saturated carbocycles. The van der Waals surface area contributed by atoms with Crippen LogP contribution in [0.1, 0.15) is 234 Å². The van der Waals surface area contributed by atoms with Gasteiger partial charge in [0.2, 0.25) is 23.6 Å². The van der Waals surface area contributed by atoms with Gasteiger partial charge in [-0.3, -0.25) is 33.3 Å². The summed E-state index contributed by atoms with van der Waals surface area (Å²) in [6.45, 7) is 7.85. The quantitative estimate of drug-likeness (QED) is 0.0211. The summed E-state index contributed by atoms with van der Waals surface area (Å²) in [5.41, 5.74) is 15.0. The van der Waals surface area contributed by atoms with Crippen LogP contribution < -0.4 is 27.8 Å². The number of nitrogens with two attached hydrogens (primary N) is 3. The Morgan fingerprint density at radius 3 is 1.54 bits per heavy atom. The fraction of sp³-hybridized carbons (Fsp3) is 0.881. The first kappa shape index (κ1) is 81.1. The van der Waals surface area contributed by atoms with Gasteiger partial charge in [0.1, 0.15) is 42.0 Å². The van der Waals surface area contributed by atoms with Crippen molar-refractivity contribution in [2.24, 2.45) is 17.2 Å². The number of carboxylic acids is 1. The summed E-state index contributed by atoms with van der Waals surface area (Å²) < 4.78 is 36.5. The first-order valence-corrected chi connectivity index (χ1v) is 32.7. The highest BCUT2D eigenvalue weighted by atomic mass is 31.1. The topological polar surface area (TPSA) is 409 Å². The zero-order valence-corrected chi connectivity index (χ0v) is 53.2. The van der Waals surface area contributed by atoms with E-state index in [1.54, 1.807) is 0 Å². The molecule has 0 radical (unpaired) electrons. The molecule has 1 aliphatic heterocycles. The second kappa shape index (κ2) is 49.1. The average Bonchev–Trinajstić information content (AvgIpc) is 3.14. The molecule has 0 aromatic carbocycles. The molecule has 26 heteroatoms. The second-order valence-electron chi connectivity index (χ2n) is 22.7. The van der Waals surface area contributed by atoms with E-state index in [1.807, 2.05) is 0 Å². The van der Waals surface area contributed by atoms with Crippen molar-refractivity contribution in [3.05, 3.63) is 0 Å². The van der Waals surface area contributed by atoms with Crippen molar-refractivity contribution in [1.82, 2.24) is 15.5 Å². The zero-order valence-electron chi connectivity index (χ0n) is 52.2. The number of carbonyl (C=O) groups excluding carboxylic acids is 6. The molecule has 1 fully saturated rings.